The zero-order valence-corrected chi connectivity index (χ0v) is 9.07. The van der Waals surface area contributed by atoms with Gasteiger partial charge in [0.1, 0.15) is 0 Å². The monoisotopic (exact) mass is 210 g/mol. The van der Waals surface area contributed by atoms with E-state index in [4.69, 9.17) is 5.73 Å². The highest BCUT2D eigenvalue weighted by Crippen LogP contribution is 2.29. The lowest BCUT2D eigenvalue weighted by atomic mass is 10.2. The second-order valence-electron chi connectivity index (χ2n) is 4.21. The molecule has 15 heavy (non-hydrogen) atoms. The number of rotatable bonds is 3. The molecule has 0 aliphatic heterocycles. The number of H-pyrrole nitrogens is 1. The lowest BCUT2D eigenvalue weighted by Gasteiger charge is -2.15. The van der Waals surface area contributed by atoms with Crippen LogP contribution in [0.25, 0.3) is 0 Å². The minimum absolute atomic E-state index is 0.110. The Morgan fingerprint density at radius 2 is 2.27 bits per heavy atom. The van der Waals surface area contributed by atoms with E-state index >= 15 is 0 Å². The normalized spacial score (nSPS) is 19.6. The van der Waals surface area contributed by atoms with Crippen LogP contribution in [0.2, 0.25) is 0 Å². The van der Waals surface area contributed by atoms with E-state index < -0.39 is 0 Å². The Hall–Kier alpha value is -1.10. The number of aromatic nitrogens is 3. The third-order valence-corrected chi connectivity index (χ3v) is 3.19. The van der Waals surface area contributed by atoms with Crippen LogP contribution >= 0.6 is 0 Å². The lowest BCUT2D eigenvalue weighted by molar-refractivity contribution is 0.462. The highest BCUT2D eigenvalue weighted by Gasteiger charge is 2.24. The molecule has 1 aromatic heterocycles. The Kier molecular flexibility index (Phi) is 2.90. The summed E-state index contributed by atoms with van der Waals surface area (Å²) in [6.45, 7) is 2.00. The molecule has 0 bridgehead atoms. The maximum Gasteiger partial charge on any atom is 0.343 e. The molecular weight excluding hydrogens is 192 g/mol. The molecule has 84 valence electrons. The number of nitrogens with zero attached hydrogens (tertiary/aromatic N) is 2. The molecule has 0 spiro atoms. The van der Waals surface area contributed by atoms with Gasteiger partial charge < -0.3 is 5.73 Å². The molecule has 5 nitrogen and oxygen atoms in total. The van der Waals surface area contributed by atoms with Crippen LogP contribution in [0.4, 0.5) is 0 Å². The Labute approximate surface area is 88.7 Å². The Balaban J connectivity index is 2.35. The van der Waals surface area contributed by atoms with E-state index in [9.17, 15) is 4.79 Å². The van der Waals surface area contributed by atoms with Gasteiger partial charge in [-0.2, -0.15) is 5.10 Å². The molecule has 0 radical (unpaired) electrons. The van der Waals surface area contributed by atoms with Crippen LogP contribution in [0.5, 0.6) is 0 Å². The predicted octanol–water partition coefficient (Wildman–Crippen LogP) is 1.10. The molecule has 1 aliphatic carbocycles. The predicted molar refractivity (Wildman–Crippen MR) is 57.6 cm³/mol. The van der Waals surface area contributed by atoms with Crippen molar-refractivity contribution < 1.29 is 0 Å². The highest BCUT2D eigenvalue weighted by molar-refractivity contribution is 4.97. The zero-order chi connectivity index (χ0) is 10.8. The molecule has 0 saturated heterocycles. The molecule has 1 atom stereocenters. The first kappa shape index (κ1) is 10.4. The van der Waals surface area contributed by atoms with Crippen LogP contribution < -0.4 is 11.4 Å². The van der Waals surface area contributed by atoms with Gasteiger partial charge >= 0.3 is 5.69 Å². The number of hydrogen-bond acceptors (Lipinski definition) is 3. The van der Waals surface area contributed by atoms with Crippen molar-refractivity contribution in [3.63, 3.8) is 0 Å². The van der Waals surface area contributed by atoms with E-state index in [0.717, 1.165) is 25.1 Å². The molecule has 5 heteroatoms. The second-order valence-corrected chi connectivity index (χ2v) is 4.21. The van der Waals surface area contributed by atoms with Crippen molar-refractivity contribution >= 4 is 0 Å². The SMILES string of the molecule is CCC(N)c1n[nH]c(=O)n1C1CCCC1. The summed E-state index contributed by atoms with van der Waals surface area (Å²) in [6.07, 6.45) is 5.34. The molecule has 0 aromatic carbocycles. The summed E-state index contributed by atoms with van der Waals surface area (Å²) in [7, 11) is 0. The van der Waals surface area contributed by atoms with Crippen molar-refractivity contribution in [3.05, 3.63) is 16.3 Å². The molecular formula is C10H18N4O. The van der Waals surface area contributed by atoms with Gasteiger partial charge in [-0.25, -0.2) is 9.89 Å². The van der Waals surface area contributed by atoms with Gasteiger partial charge in [-0.3, -0.25) is 4.57 Å². The number of nitrogens with two attached hydrogens (primary N) is 1. The fourth-order valence-corrected chi connectivity index (χ4v) is 2.28. The third kappa shape index (κ3) is 1.84. The maximum atomic E-state index is 11.6. The van der Waals surface area contributed by atoms with Gasteiger partial charge in [0.15, 0.2) is 5.82 Å². The van der Waals surface area contributed by atoms with Crippen LogP contribution in [0.3, 0.4) is 0 Å². The van der Waals surface area contributed by atoms with Gasteiger partial charge in [-0.15, -0.1) is 0 Å². The van der Waals surface area contributed by atoms with Crippen LogP contribution in [0.1, 0.15) is 56.9 Å². The van der Waals surface area contributed by atoms with Crippen molar-refractivity contribution in [2.75, 3.05) is 0 Å². The van der Waals surface area contributed by atoms with Crippen molar-refractivity contribution in [2.45, 2.75) is 51.1 Å². The summed E-state index contributed by atoms with van der Waals surface area (Å²) in [6, 6.07) is 0.174. The molecule has 1 fully saturated rings. The molecule has 1 unspecified atom stereocenters. The summed E-state index contributed by atoms with van der Waals surface area (Å²) in [5.74, 6) is 0.717. The van der Waals surface area contributed by atoms with E-state index in [0.29, 0.717) is 6.04 Å². The molecule has 3 N–H and O–H groups in total. The van der Waals surface area contributed by atoms with Crippen LogP contribution in [0, 0.1) is 0 Å². The van der Waals surface area contributed by atoms with Crippen LogP contribution in [0.15, 0.2) is 4.79 Å². The minimum Gasteiger partial charge on any atom is -0.321 e. The van der Waals surface area contributed by atoms with Crippen molar-refractivity contribution in [2.24, 2.45) is 5.73 Å². The fourth-order valence-electron chi connectivity index (χ4n) is 2.28. The molecule has 1 aliphatic rings. The number of aromatic amines is 1. The van der Waals surface area contributed by atoms with Gasteiger partial charge in [0, 0.05) is 6.04 Å². The summed E-state index contributed by atoms with van der Waals surface area (Å²) in [4.78, 5) is 11.6. The Morgan fingerprint density at radius 1 is 1.60 bits per heavy atom. The number of hydrogen-bond donors (Lipinski definition) is 2. The van der Waals surface area contributed by atoms with Crippen LogP contribution in [-0.4, -0.2) is 14.8 Å². The van der Waals surface area contributed by atoms with Gasteiger partial charge in [-0.05, 0) is 19.3 Å². The lowest BCUT2D eigenvalue weighted by Crippen LogP contribution is -2.25. The molecule has 0 amide bonds. The Morgan fingerprint density at radius 3 is 2.87 bits per heavy atom. The zero-order valence-electron chi connectivity index (χ0n) is 9.07. The average molecular weight is 210 g/mol. The highest BCUT2D eigenvalue weighted by atomic mass is 16.1. The fraction of sp³-hybridized carbons (Fsp3) is 0.800. The van der Waals surface area contributed by atoms with Crippen molar-refractivity contribution in [1.82, 2.24) is 14.8 Å². The molecule has 1 aromatic rings. The van der Waals surface area contributed by atoms with Crippen molar-refractivity contribution in [1.29, 1.82) is 0 Å². The summed E-state index contributed by atoms with van der Waals surface area (Å²) < 4.78 is 1.77. The topological polar surface area (TPSA) is 76.7 Å². The molecule has 1 heterocycles. The number of nitrogens with one attached hydrogen (secondary N) is 1. The minimum atomic E-state index is -0.135. The van der Waals surface area contributed by atoms with Crippen LogP contribution in [-0.2, 0) is 0 Å². The molecule has 2 rings (SSSR count). The standard InChI is InChI=1S/C10H18N4O/c1-2-8(11)9-12-13-10(15)14(9)7-5-3-4-6-7/h7-8H,2-6,11H2,1H3,(H,13,15). The van der Waals surface area contributed by atoms with E-state index in [1.165, 1.54) is 12.8 Å². The van der Waals surface area contributed by atoms with E-state index in [2.05, 4.69) is 10.2 Å². The summed E-state index contributed by atoms with van der Waals surface area (Å²) >= 11 is 0. The first-order valence-electron chi connectivity index (χ1n) is 5.66. The smallest absolute Gasteiger partial charge is 0.321 e. The largest absolute Gasteiger partial charge is 0.343 e. The second kappa shape index (κ2) is 4.18. The van der Waals surface area contributed by atoms with E-state index in [-0.39, 0.29) is 11.7 Å². The summed E-state index contributed by atoms with van der Waals surface area (Å²) in [5, 5.41) is 6.54. The van der Waals surface area contributed by atoms with E-state index in [1.54, 1.807) is 4.57 Å². The average Bonchev–Trinajstić information content (AvgIpc) is 2.85. The van der Waals surface area contributed by atoms with E-state index in [1.807, 2.05) is 6.92 Å². The van der Waals surface area contributed by atoms with Gasteiger partial charge in [0.2, 0.25) is 0 Å². The van der Waals surface area contributed by atoms with Gasteiger partial charge in [0.25, 0.3) is 0 Å². The Bertz CT molecular complexity index is 375. The maximum absolute atomic E-state index is 11.6. The van der Waals surface area contributed by atoms with Gasteiger partial charge in [0.05, 0.1) is 6.04 Å². The third-order valence-electron chi connectivity index (χ3n) is 3.19. The van der Waals surface area contributed by atoms with Crippen molar-refractivity contribution in [3.8, 4) is 0 Å². The first-order valence-corrected chi connectivity index (χ1v) is 5.66. The quantitative estimate of drug-likeness (QED) is 0.784. The first-order chi connectivity index (χ1) is 7.24. The molecule has 1 saturated carbocycles. The van der Waals surface area contributed by atoms with Gasteiger partial charge in [-0.1, -0.05) is 19.8 Å². The summed E-state index contributed by atoms with van der Waals surface area (Å²) in [5.41, 5.74) is 5.82.